The molecule has 1 rings (SSSR count). The first kappa shape index (κ1) is 11.3. The van der Waals surface area contributed by atoms with Crippen LogP contribution in [0.4, 0.5) is 4.79 Å². The number of nitrogens with one attached hydrogen (secondary N) is 2. The Morgan fingerprint density at radius 3 is 3.00 bits per heavy atom. The molecule has 3 amide bonds. The maximum absolute atomic E-state index is 11.2. The predicted octanol–water partition coefficient (Wildman–Crippen LogP) is -1.70. The molecule has 0 radical (unpaired) electrons. The second-order valence-corrected chi connectivity index (χ2v) is 2.93. The Labute approximate surface area is 86.7 Å². The number of nitrogens with zero attached hydrogens (tertiary/aromatic N) is 1. The Morgan fingerprint density at radius 2 is 2.33 bits per heavy atom. The maximum atomic E-state index is 11.2. The molecule has 1 aliphatic heterocycles. The number of alkyl carbamates (subject to hydrolysis) is 1. The Hall–Kier alpha value is -1.79. The number of hydrogen-bond donors (Lipinski definition) is 2. The summed E-state index contributed by atoms with van der Waals surface area (Å²) in [5, 5.41) is 4.70. The normalized spacial score (nSPS) is 15.9. The highest BCUT2D eigenvalue weighted by atomic mass is 16.5. The van der Waals surface area contributed by atoms with Gasteiger partial charge in [-0.15, -0.1) is 0 Å². The lowest BCUT2D eigenvalue weighted by Crippen LogP contribution is -2.53. The standard InChI is InChI=1S/C8H13N3O4/c1-9-8(14)15-5-4-11-3-2-10-6(12)7(11)13/h2-5H2,1H3,(H,9,14)(H,10,12). The van der Waals surface area contributed by atoms with Gasteiger partial charge in [0, 0.05) is 20.1 Å². The monoisotopic (exact) mass is 215 g/mol. The maximum Gasteiger partial charge on any atom is 0.406 e. The van der Waals surface area contributed by atoms with Crippen LogP contribution in [-0.2, 0) is 14.3 Å². The van der Waals surface area contributed by atoms with Gasteiger partial charge < -0.3 is 20.3 Å². The summed E-state index contributed by atoms with van der Waals surface area (Å²) in [6.07, 6.45) is -0.552. The van der Waals surface area contributed by atoms with Crippen LogP contribution in [0.1, 0.15) is 0 Å². The minimum absolute atomic E-state index is 0.0820. The Balaban J connectivity index is 2.29. The number of amides is 3. The number of rotatable bonds is 3. The van der Waals surface area contributed by atoms with E-state index < -0.39 is 17.9 Å². The van der Waals surface area contributed by atoms with E-state index in [4.69, 9.17) is 4.74 Å². The van der Waals surface area contributed by atoms with Gasteiger partial charge in [-0.1, -0.05) is 0 Å². The lowest BCUT2D eigenvalue weighted by molar-refractivity contribution is -0.148. The van der Waals surface area contributed by atoms with Gasteiger partial charge in [-0.3, -0.25) is 9.59 Å². The number of piperazine rings is 1. The van der Waals surface area contributed by atoms with E-state index in [0.29, 0.717) is 13.1 Å². The highest BCUT2D eigenvalue weighted by Gasteiger charge is 2.25. The fourth-order valence-electron chi connectivity index (χ4n) is 1.16. The van der Waals surface area contributed by atoms with Crippen LogP contribution in [0.3, 0.4) is 0 Å². The molecule has 0 spiro atoms. The first-order valence-corrected chi connectivity index (χ1v) is 4.56. The zero-order chi connectivity index (χ0) is 11.3. The first-order chi connectivity index (χ1) is 7.15. The molecular formula is C8H13N3O4. The van der Waals surface area contributed by atoms with Gasteiger partial charge in [-0.2, -0.15) is 0 Å². The van der Waals surface area contributed by atoms with Crippen molar-refractivity contribution in [2.75, 3.05) is 33.3 Å². The molecule has 2 N–H and O–H groups in total. The summed E-state index contributed by atoms with van der Waals surface area (Å²) in [7, 11) is 1.45. The van der Waals surface area contributed by atoms with Gasteiger partial charge in [-0.05, 0) is 0 Å². The van der Waals surface area contributed by atoms with E-state index in [2.05, 4.69) is 10.6 Å². The smallest absolute Gasteiger partial charge is 0.406 e. The molecule has 0 atom stereocenters. The Bertz CT molecular complexity index is 279. The van der Waals surface area contributed by atoms with E-state index >= 15 is 0 Å². The predicted molar refractivity (Wildman–Crippen MR) is 50.0 cm³/mol. The lowest BCUT2D eigenvalue weighted by atomic mass is 10.3. The molecule has 1 heterocycles. The van der Waals surface area contributed by atoms with Gasteiger partial charge in [0.05, 0.1) is 6.54 Å². The van der Waals surface area contributed by atoms with Crippen LogP contribution in [0, 0.1) is 0 Å². The van der Waals surface area contributed by atoms with Crippen LogP contribution < -0.4 is 10.6 Å². The molecule has 0 aromatic rings. The zero-order valence-corrected chi connectivity index (χ0v) is 8.41. The van der Waals surface area contributed by atoms with Crippen molar-refractivity contribution >= 4 is 17.9 Å². The van der Waals surface area contributed by atoms with Crippen LogP contribution in [0.25, 0.3) is 0 Å². The second kappa shape index (κ2) is 5.18. The van der Waals surface area contributed by atoms with Crippen LogP contribution in [0.5, 0.6) is 0 Å². The SMILES string of the molecule is CNC(=O)OCCN1CCNC(=O)C1=O. The molecule has 0 bridgehead atoms. The van der Waals surface area contributed by atoms with E-state index in [1.54, 1.807) is 0 Å². The fourth-order valence-corrected chi connectivity index (χ4v) is 1.16. The molecular weight excluding hydrogens is 202 g/mol. The molecule has 15 heavy (non-hydrogen) atoms. The molecule has 0 aromatic heterocycles. The fraction of sp³-hybridized carbons (Fsp3) is 0.625. The summed E-state index contributed by atoms with van der Waals surface area (Å²) in [6.45, 7) is 1.20. The summed E-state index contributed by atoms with van der Waals surface area (Å²) in [5.74, 6) is -1.19. The van der Waals surface area contributed by atoms with Crippen molar-refractivity contribution in [3.8, 4) is 0 Å². The summed E-state index contributed by atoms with van der Waals surface area (Å²) >= 11 is 0. The molecule has 7 nitrogen and oxygen atoms in total. The van der Waals surface area contributed by atoms with Crippen LogP contribution >= 0.6 is 0 Å². The Kier molecular flexibility index (Phi) is 3.90. The van der Waals surface area contributed by atoms with Crippen molar-refractivity contribution in [2.24, 2.45) is 0 Å². The van der Waals surface area contributed by atoms with E-state index in [0.717, 1.165) is 0 Å². The second-order valence-electron chi connectivity index (χ2n) is 2.93. The third-order valence-corrected chi connectivity index (χ3v) is 1.95. The molecule has 1 saturated heterocycles. The van der Waals surface area contributed by atoms with Crippen LogP contribution in [0.2, 0.25) is 0 Å². The largest absolute Gasteiger partial charge is 0.448 e. The van der Waals surface area contributed by atoms with Gasteiger partial charge >= 0.3 is 17.9 Å². The molecule has 0 aromatic carbocycles. The van der Waals surface area contributed by atoms with Gasteiger partial charge in [0.15, 0.2) is 0 Å². The zero-order valence-electron chi connectivity index (χ0n) is 8.41. The van der Waals surface area contributed by atoms with Crippen molar-refractivity contribution in [1.29, 1.82) is 0 Å². The van der Waals surface area contributed by atoms with Crippen molar-refractivity contribution < 1.29 is 19.1 Å². The Morgan fingerprint density at radius 1 is 1.60 bits per heavy atom. The molecule has 84 valence electrons. The van der Waals surface area contributed by atoms with Crippen LogP contribution in [0.15, 0.2) is 0 Å². The van der Waals surface area contributed by atoms with Crippen molar-refractivity contribution in [1.82, 2.24) is 15.5 Å². The molecule has 7 heteroatoms. The van der Waals surface area contributed by atoms with Crippen LogP contribution in [-0.4, -0.2) is 56.1 Å². The minimum atomic E-state index is -0.610. The van der Waals surface area contributed by atoms with Crippen molar-refractivity contribution in [2.45, 2.75) is 0 Å². The van der Waals surface area contributed by atoms with Gasteiger partial charge in [0.1, 0.15) is 6.61 Å². The average Bonchev–Trinajstić information content (AvgIpc) is 2.24. The van der Waals surface area contributed by atoms with Crippen molar-refractivity contribution in [3.05, 3.63) is 0 Å². The third kappa shape index (κ3) is 3.12. The number of carbonyl (C=O) groups is 3. The topological polar surface area (TPSA) is 87.7 Å². The van der Waals surface area contributed by atoms with E-state index in [1.807, 2.05) is 0 Å². The summed E-state index contributed by atoms with van der Waals surface area (Å²) in [5.41, 5.74) is 0. The molecule has 1 aliphatic rings. The average molecular weight is 215 g/mol. The van der Waals surface area contributed by atoms with Crippen molar-refractivity contribution in [3.63, 3.8) is 0 Å². The quantitative estimate of drug-likeness (QED) is 0.549. The molecule has 0 aliphatic carbocycles. The van der Waals surface area contributed by atoms with Gasteiger partial charge in [0.25, 0.3) is 0 Å². The highest BCUT2D eigenvalue weighted by molar-refractivity contribution is 6.35. The summed E-state index contributed by atoms with van der Waals surface area (Å²) in [4.78, 5) is 34.2. The van der Waals surface area contributed by atoms with Gasteiger partial charge in [0.2, 0.25) is 0 Å². The molecule has 1 fully saturated rings. The number of hydrogen-bond acceptors (Lipinski definition) is 4. The van der Waals surface area contributed by atoms with Gasteiger partial charge in [-0.25, -0.2) is 4.79 Å². The minimum Gasteiger partial charge on any atom is -0.448 e. The van der Waals surface area contributed by atoms with E-state index in [-0.39, 0.29) is 13.2 Å². The lowest BCUT2D eigenvalue weighted by Gasteiger charge is -2.25. The van der Waals surface area contributed by atoms with E-state index in [1.165, 1.54) is 11.9 Å². The summed E-state index contributed by atoms with van der Waals surface area (Å²) in [6, 6.07) is 0. The third-order valence-electron chi connectivity index (χ3n) is 1.95. The number of carbonyl (C=O) groups excluding carboxylic acids is 3. The molecule has 0 unspecified atom stereocenters. The summed E-state index contributed by atoms with van der Waals surface area (Å²) < 4.78 is 4.70. The number of ether oxygens (including phenoxy) is 1. The highest BCUT2D eigenvalue weighted by Crippen LogP contribution is 1.95. The van der Waals surface area contributed by atoms with E-state index in [9.17, 15) is 14.4 Å². The molecule has 0 saturated carbocycles. The first-order valence-electron chi connectivity index (χ1n) is 4.56.